The van der Waals surface area contributed by atoms with Crippen molar-refractivity contribution < 1.29 is 33.7 Å². The Bertz CT molecular complexity index is 459. The summed E-state index contributed by atoms with van der Waals surface area (Å²) in [7, 11) is 2.16. The van der Waals surface area contributed by atoms with Gasteiger partial charge >= 0.3 is 0 Å². The van der Waals surface area contributed by atoms with Crippen LogP contribution < -0.4 is 0 Å². The number of hydrogen-bond acceptors (Lipinski definition) is 7. The van der Waals surface area contributed by atoms with Crippen LogP contribution in [-0.4, -0.2) is 87.3 Å². The van der Waals surface area contributed by atoms with Gasteiger partial charge in [-0.15, -0.1) is 0 Å². The SMILES string of the molecule is COCC(OC(CO)C(C)(C)C)OP(C)C(C)(C)C(CO)OC(COC)C(C)(C)C. The van der Waals surface area contributed by atoms with Gasteiger partial charge in [0, 0.05) is 27.5 Å². The summed E-state index contributed by atoms with van der Waals surface area (Å²) in [6.45, 7) is 18.8. The van der Waals surface area contributed by atoms with Crippen molar-refractivity contribution in [2.75, 3.05) is 47.3 Å². The summed E-state index contributed by atoms with van der Waals surface area (Å²) >= 11 is 0. The Balaban J connectivity index is 5.41. The van der Waals surface area contributed by atoms with E-state index in [1.54, 1.807) is 14.2 Å². The van der Waals surface area contributed by atoms with Crippen molar-refractivity contribution in [2.45, 2.75) is 85.1 Å². The minimum atomic E-state index is -1.08. The van der Waals surface area contributed by atoms with Gasteiger partial charge in [0.1, 0.15) is 0 Å². The highest BCUT2D eigenvalue weighted by molar-refractivity contribution is 7.53. The van der Waals surface area contributed by atoms with Crippen molar-refractivity contribution in [3.8, 4) is 0 Å². The van der Waals surface area contributed by atoms with Crippen molar-refractivity contribution >= 4 is 8.15 Å². The van der Waals surface area contributed by atoms with E-state index in [4.69, 9.17) is 23.5 Å². The maximum absolute atomic E-state index is 10.1. The molecule has 0 bridgehead atoms. The lowest BCUT2D eigenvalue weighted by atomic mass is 9.89. The zero-order valence-corrected chi connectivity index (χ0v) is 21.9. The summed E-state index contributed by atoms with van der Waals surface area (Å²) in [5, 5.41) is 19.4. The van der Waals surface area contributed by atoms with Gasteiger partial charge in [-0.05, 0) is 17.5 Å². The van der Waals surface area contributed by atoms with Gasteiger partial charge in [0.2, 0.25) is 0 Å². The minimum Gasteiger partial charge on any atom is -0.394 e. The number of rotatable bonds is 14. The second-order valence-corrected chi connectivity index (χ2v) is 12.8. The van der Waals surface area contributed by atoms with Crippen LogP contribution in [0.2, 0.25) is 0 Å². The maximum atomic E-state index is 10.1. The molecule has 30 heavy (non-hydrogen) atoms. The highest BCUT2D eigenvalue weighted by Gasteiger charge is 2.41. The van der Waals surface area contributed by atoms with Gasteiger partial charge in [-0.25, -0.2) is 0 Å². The lowest BCUT2D eigenvalue weighted by Crippen LogP contribution is -2.47. The van der Waals surface area contributed by atoms with E-state index in [2.05, 4.69) is 20.8 Å². The Morgan fingerprint density at radius 3 is 1.53 bits per heavy atom. The number of aliphatic hydroxyl groups excluding tert-OH is 2. The van der Waals surface area contributed by atoms with E-state index in [0.29, 0.717) is 6.61 Å². The van der Waals surface area contributed by atoms with Gasteiger partial charge in [0.05, 0.1) is 44.7 Å². The van der Waals surface area contributed by atoms with E-state index in [0.717, 1.165) is 0 Å². The molecule has 2 N–H and O–H groups in total. The first-order valence-corrected chi connectivity index (χ1v) is 12.3. The molecule has 5 unspecified atom stereocenters. The average Bonchev–Trinajstić information content (AvgIpc) is 2.60. The third kappa shape index (κ3) is 9.74. The van der Waals surface area contributed by atoms with Crippen LogP contribution in [0, 0.1) is 10.8 Å². The minimum absolute atomic E-state index is 0.106. The highest BCUT2D eigenvalue weighted by Crippen LogP contribution is 2.51. The molecule has 0 spiro atoms. The summed E-state index contributed by atoms with van der Waals surface area (Å²) < 4.78 is 29.3. The lowest BCUT2D eigenvalue weighted by molar-refractivity contribution is -0.179. The maximum Gasteiger partial charge on any atom is 0.185 e. The van der Waals surface area contributed by atoms with Gasteiger partial charge in [-0.1, -0.05) is 55.4 Å². The number of ether oxygens (including phenoxy) is 4. The van der Waals surface area contributed by atoms with Crippen LogP contribution in [-0.2, 0) is 23.5 Å². The zero-order valence-electron chi connectivity index (χ0n) is 21.0. The lowest BCUT2D eigenvalue weighted by Gasteiger charge is -2.43. The molecule has 0 radical (unpaired) electrons. The molecular formula is C22H47O7P. The molecule has 0 amide bonds. The summed E-state index contributed by atoms with van der Waals surface area (Å²) in [6, 6.07) is 0. The summed E-state index contributed by atoms with van der Waals surface area (Å²) in [5.41, 5.74) is -0.382. The Hall–Kier alpha value is 0.150. The molecule has 0 aromatic rings. The third-order valence-electron chi connectivity index (χ3n) is 5.40. The molecule has 0 saturated carbocycles. The Morgan fingerprint density at radius 2 is 1.17 bits per heavy atom. The Labute approximate surface area is 185 Å². The molecule has 0 aromatic carbocycles. The van der Waals surface area contributed by atoms with Crippen molar-refractivity contribution in [1.82, 2.24) is 0 Å². The quantitative estimate of drug-likeness (QED) is 0.306. The highest BCUT2D eigenvalue weighted by atomic mass is 31.1. The first-order valence-electron chi connectivity index (χ1n) is 10.6. The monoisotopic (exact) mass is 454 g/mol. The fourth-order valence-electron chi connectivity index (χ4n) is 2.73. The second-order valence-electron chi connectivity index (χ2n) is 10.4. The molecule has 8 heteroatoms. The molecule has 0 aliphatic heterocycles. The van der Waals surface area contributed by atoms with E-state index < -0.39 is 25.7 Å². The molecule has 0 aliphatic rings. The molecule has 0 fully saturated rings. The van der Waals surface area contributed by atoms with Crippen LogP contribution in [0.4, 0.5) is 0 Å². The first kappa shape index (κ1) is 30.1. The molecule has 0 saturated heterocycles. The van der Waals surface area contributed by atoms with Crippen LogP contribution in [0.5, 0.6) is 0 Å². The topological polar surface area (TPSA) is 86.6 Å². The molecule has 0 rings (SSSR count). The summed E-state index contributed by atoms with van der Waals surface area (Å²) in [4.78, 5) is 0. The van der Waals surface area contributed by atoms with Crippen molar-refractivity contribution in [2.24, 2.45) is 10.8 Å². The first-order chi connectivity index (χ1) is 13.6. The van der Waals surface area contributed by atoms with Crippen LogP contribution in [0.25, 0.3) is 0 Å². The van der Waals surface area contributed by atoms with Crippen LogP contribution >= 0.6 is 8.15 Å². The van der Waals surface area contributed by atoms with Crippen LogP contribution in [0.15, 0.2) is 0 Å². The molecule has 0 aliphatic carbocycles. The average molecular weight is 455 g/mol. The predicted molar refractivity (Wildman–Crippen MR) is 122 cm³/mol. The van der Waals surface area contributed by atoms with E-state index in [1.807, 2.05) is 41.3 Å². The largest absolute Gasteiger partial charge is 0.394 e. The number of aliphatic hydroxyl groups is 2. The zero-order chi connectivity index (χ0) is 23.8. The molecule has 0 heterocycles. The Morgan fingerprint density at radius 1 is 0.700 bits per heavy atom. The third-order valence-corrected chi connectivity index (χ3v) is 7.87. The molecule has 0 aromatic heterocycles. The molecule has 7 nitrogen and oxygen atoms in total. The predicted octanol–water partition coefficient (Wildman–Crippen LogP) is 3.64. The molecule has 182 valence electrons. The van der Waals surface area contributed by atoms with Crippen LogP contribution in [0.3, 0.4) is 0 Å². The smallest absolute Gasteiger partial charge is 0.185 e. The van der Waals surface area contributed by atoms with Gasteiger partial charge in [-0.2, -0.15) is 0 Å². The normalized spacial score (nSPS) is 18.7. The molecule has 5 atom stereocenters. The summed E-state index contributed by atoms with van der Waals surface area (Å²) in [6.07, 6.45) is -1.63. The second kappa shape index (κ2) is 13.0. The van der Waals surface area contributed by atoms with Gasteiger partial charge in [-0.3, -0.25) is 0 Å². The van der Waals surface area contributed by atoms with E-state index in [1.165, 1.54) is 0 Å². The van der Waals surface area contributed by atoms with Crippen molar-refractivity contribution in [3.63, 3.8) is 0 Å². The van der Waals surface area contributed by atoms with E-state index >= 15 is 0 Å². The molecular weight excluding hydrogens is 407 g/mol. The Kier molecular flexibility index (Phi) is 13.1. The number of hydrogen-bond donors (Lipinski definition) is 2. The van der Waals surface area contributed by atoms with E-state index in [-0.39, 0.29) is 42.9 Å². The van der Waals surface area contributed by atoms with Gasteiger partial charge < -0.3 is 33.7 Å². The van der Waals surface area contributed by atoms with Gasteiger partial charge in [0.25, 0.3) is 0 Å². The van der Waals surface area contributed by atoms with Crippen molar-refractivity contribution in [1.29, 1.82) is 0 Å². The fourth-order valence-corrected chi connectivity index (χ4v) is 4.01. The van der Waals surface area contributed by atoms with Crippen LogP contribution in [0.1, 0.15) is 55.4 Å². The van der Waals surface area contributed by atoms with E-state index in [9.17, 15) is 10.2 Å². The number of methoxy groups -OCH3 is 2. The summed E-state index contributed by atoms with van der Waals surface area (Å²) in [5.74, 6) is 0. The van der Waals surface area contributed by atoms with Gasteiger partial charge in [0.15, 0.2) is 6.29 Å². The fraction of sp³-hybridized carbons (Fsp3) is 1.00. The van der Waals surface area contributed by atoms with Crippen molar-refractivity contribution in [3.05, 3.63) is 0 Å². The standard InChI is InChI=1S/C22H47O7P/c1-20(2,3)16(12-23)28-19(15-26-10)29-30(11)22(7,8)17(13-24)27-18(14-25-9)21(4,5)6/h16-19,23-24H,12-15H2,1-11H3.